The minimum atomic E-state index is -0.757. The summed E-state index contributed by atoms with van der Waals surface area (Å²) in [7, 11) is 0. The summed E-state index contributed by atoms with van der Waals surface area (Å²) in [5.74, 6) is -1.46. The molecule has 1 aliphatic rings. The highest BCUT2D eigenvalue weighted by molar-refractivity contribution is 6.30. The number of hydrogen-bond donors (Lipinski definition) is 0. The summed E-state index contributed by atoms with van der Waals surface area (Å²) >= 11 is 5.90. The first kappa shape index (κ1) is 17.6. The van der Waals surface area contributed by atoms with Crippen LogP contribution in [0.4, 0.5) is 14.5 Å². The lowest BCUT2D eigenvalue weighted by Crippen LogP contribution is -2.37. The number of carbonyl (C=O) groups is 1. The average molecular weight is 389 g/mol. The lowest BCUT2D eigenvalue weighted by Gasteiger charge is -2.29. The fourth-order valence-corrected chi connectivity index (χ4v) is 3.41. The van der Waals surface area contributed by atoms with Crippen molar-refractivity contribution in [1.29, 1.82) is 0 Å². The van der Waals surface area contributed by atoms with E-state index in [1.165, 1.54) is 15.6 Å². The second-order valence-electron chi connectivity index (χ2n) is 6.33. The van der Waals surface area contributed by atoms with E-state index >= 15 is 0 Å². The van der Waals surface area contributed by atoms with Crippen LogP contribution < -0.4 is 4.90 Å². The fourth-order valence-electron chi connectivity index (χ4n) is 3.28. The number of rotatable bonds is 2. The van der Waals surface area contributed by atoms with Gasteiger partial charge in [0.2, 0.25) is 5.82 Å². The van der Waals surface area contributed by atoms with Gasteiger partial charge in [0.25, 0.3) is 5.91 Å². The lowest BCUT2D eigenvalue weighted by atomic mass is 10.0. The molecule has 0 radical (unpaired) electrons. The molecule has 4 rings (SSSR count). The third-order valence-corrected chi connectivity index (χ3v) is 4.73. The minimum Gasteiger partial charge on any atom is -0.302 e. The standard InChI is InChI=1S/C19H15ClF2N4O/c1-11-23-18(24-26(11)15-6-4-13(20)5-7-15)19(27)25-8-2-3-12-9-14(21)10-16(22)17(12)25/h4-7,9-10H,2-3,8H2,1H3. The quantitative estimate of drug-likeness (QED) is 0.664. The highest BCUT2D eigenvalue weighted by Crippen LogP contribution is 2.32. The van der Waals surface area contributed by atoms with Gasteiger partial charge in [-0.1, -0.05) is 11.6 Å². The van der Waals surface area contributed by atoms with E-state index in [1.807, 2.05) is 0 Å². The molecular formula is C19H15ClF2N4O. The zero-order valence-corrected chi connectivity index (χ0v) is 15.2. The van der Waals surface area contributed by atoms with E-state index in [4.69, 9.17) is 11.6 Å². The first-order chi connectivity index (χ1) is 12.9. The van der Waals surface area contributed by atoms with Crippen LogP contribution in [0.5, 0.6) is 0 Å². The van der Waals surface area contributed by atoms with Gasteiger partial charge < -0.3 is 4.90 Å². The smallest absolute Gasteiger partial charge is 0.298 e. The van der Waals surface area contributed by atoms with Crippen molar-refractivity contribution >= 4 is 23.2 Å². The maximum atomic E-state index is 14.4. The summed E-state index contributed by atoms with van der Waals surface area (Å²) in [5, 5.41) is 4.86. The van der Waals surface area contributed by atoms with Gasteiger partial charge in [-0.3, -0.25) is 4.79 Å². The first-order valence-electron chi connectivity index (χ1n) is 8.43. The molecular weight excluding hydrogens is 374 g/mol. The Morgan fingerprint density at radius 2 is 1.93 bits per heavy atom. The van der Waals surface area contributed by atoms with Gasteiger partial charge in [-0.25, -0.2) is 18.4 Å². The summed E-state index contributed by atoms with van der Waals surface area (Å²) in [5.41, 5.74) is 1.28. The van der Waals surface area contributed by atoms with Crippen molar-refractivity contribution in [3.8, 4) is 5.69 Å². The van der Waals surface area contributed by atoms with Crippen molar-refractivity contribution in [2.24, 2.45) is 0 Å². The van der Waals surface area contributed by atoms with Gasteiger partial charge in [-0.05, 0) is 55.7 Å². The molecule has 0 aliphatic carbocycles. The highest BCUT2D eigenvalue weighted by atomic mass is 35.5. The molecule has 2 aromatic carbocycles. The molecule has 8 heteroatoms. The molecule has 0 N–H and O–H groups in total. The predicted octanol–water partition coefficient (Wildman–Crippen LogP) is 4.10. The topological polar surface area (TPSA) is 51.0 Å². The summed E-state index contributed by atoms with van der Waals surface area (Å²) in [6, 6.07) is 9.00. The van der Waals surface area contributed by atoms with Crippen LogP contribution in [0.1, 0.15) is 28.4 Å². The van der Waals surface area contributed by atoms with Crippen molar-refractivity contribution in [3.05, 3.63) is 70.3 Å². The van der Waals surface area contributed by atoms with Gasteiger partial charge in [-0.15, -0.1) is 5.10 Å². The van der Waals surface area contributed by atoms with E-state index < -0.39 is 17.5 Å². The van der Waals surface area contributed by atoms with Crippen LogP contribution >= 0.6 is 11.6 Å². The van der Waals surface area contributed by atoms with Crippen LogP contribution in [0.2, 0.25) is 5.02 Å². The monoisotopic (exact) mass is 388 g/mol. The highest BCUT2D eigenvalue weighted by Gasteiger charge is 2.30. The van der Waals surface area contributed by atoms with Crippen LogP contribution in [0.3, 0.4) is 0 Å². The van der Waals surface area contributed by atoms with Crippen molar-refractivity contribution in [3.63, 3.8) is 0 Å². The molecule has 5 nitrogen and oxygen atoms in total. The summed E-state index contributed by atoms with van der Waals surface area (Å²) in [4.78, 5) is 18.5. The van der Waals surface area contributed by atoms with Crippen LogP contribution in [-0.2, 0) is 6.42 Å². The van der Waals surface area contributed by atoms with Crippen molar-refractivity contribution in [1.82, 2.24) is 14.8 Å². The first-order valence-corrected chi connectivity index (χ1v) is 8.81. The molecule has 0 atom stereocenters. The maximum absolute atomic E-state index is 14.4. The van der Waals surface area contributed by atoms with Crippen LogP contribution in [-0.4, -0.2) is 27.2 Å². The summed E-state index contributed by atoms with van der Waals surface area (Å²) < 4.78 is 29.4. The van der Waals surface area contributed by atoms with Gasteiger partial charge in [-0.2, -0.15) is 0 Å². The number of halogens is 3. The third kappa shape index (κ3) is 3.19. The van der Waals surface area contributed by atoms with Gasteiger partial charge in [0.15, 0.2) is 0 Å². The van der Waals surface area contributed by atoms with Crippen molar-refractivity contribution in [2.45, 2.75) is 19.8 Å². The van der Waals surface area contributed by atoms with Gasteiger partial charge in [0, 0.05) is 17.6 Å². The zero-order valence-electron chi connectivity index (χ0n) is 14.4. The Kier molecular flexibility index (Phi) is 4.39. The van der Waals surface area contributed by atoms with E-state index in [1.54, 1.807) is 31.2 Å². The molecule has 27 heavy (non-hydrogen) atoms. The molecule has 0 saturated heterocycles. The molecule has 138 valence electrons. The van der Waals surface area contributed by atoms with Gasteiger partial charge >= 0.3 is 0 Å². The number of amides is 1. The maximum Gasteiger partial charge on any atom is 0.298 e. The molecule has 1 aliphatic heterocycles. The van der Waals surface area contributed by atoms with Crippen LogP contribution in [0.15, 0.2) is 36.4 Å². The van der Waals surface area contributed by atoms with Crippen LogP contribution in [0.25, 0.3) is 5.69 Å². The number of benzene rings is 2. The van der Waals surface area contributed by atoms with E-state index in [-0.39, 0.29) is 11.5 Å². The Morgan fingerprint density at radius 1 is 1.19 bits per heavy atom. The van der Waals surface area contributed by atoms with E-state index in [9.17, 15) is 13.6 Å². The Bertz CT molecular complexity index is 1030. The molecule has 0 fully saturated rings. The summed E-state index contributed by atoms with van der Waals surface area (Å²) in [6.07, 6.45) is 1.12. The predicted molar refractivity (Wildman–Crippen MR) is 97.5 cm³/mol. The van der Waals surface area contributed by atoms with Gasteiger partial charge in [0.1, 0.15) is 17.5 Å². The molecule has 1 aromatic heterocycles. The molecule has 1 amide bonds. The Morgan fingerprint density at radius 3 is 2.67 bits per heavy atom. The third-order valence-electron chi connectivity index (χ3n) is 4.48. The summed E-state index contributed by atoms with van der Waals surface area (Å²) in [6.45, 7) is 2.04. The zero-order chi connectivity index (χ0) is 19.1. The second-order valence-corrected chi connectivity index (χ2v) is 6.76. The number of aryl methyl sites for hydroxylation is 2. The average Bonchev–Trinajstić information content (AvgIpc) is 3.02. The second kappa shape index (κ2) is 6.74. The largest absolute Gasteiger partial charge is 0.302 e. The fraction of sp³-hybridized carbons (Fsp3) is 0.211. The van der Waals surface area contributed by atoms with Crippen molar-refractivity contribution in [2.75, 3.05) is 11.4 Å². The number of hydrogen-bond acceptors (Lipinski definition) is 3. The minimum absolute atomic E-state index is 0.0426. The van der Waals surface area contributed by atoms with Crippen molar-refractivity contribution < 1.29 is 13.6 Å². The number of aromatic nitrogens is 3. The molecule has 0 unspecified atom stereocenters. The SMILES string of the molecule is Cc1nc(C(=O)N2CCCc3cc(F)cc(F)c32)nn1-c1ccc(Cl)cc1. The lowest BCUT2D eigenvalue weighted by molar-refractivity contribution is 0.0974. The molecule has 3 aromatic rings. The molecule has 0 bridgehead atoms. The van der Waals surface area contributed by atoms with E-state index in [0.29, 0.717) is 41.5 Å². The van der Waals surface area contributed by atoms with Crippen LogP contribution in [0, 0.1) is 18.6 Å². The molecule has 0 spiro atoms. The van der Waals surface area contributed by atoms with Gasteiger partial charge in [0.05, 0.1) is 11.4 Å². The molecule has 2 heterocycles. The number of anilines is 1. The molecule has 0 saturated carbocycles. The number of carbonyl (C=O) groups excluding carboxylic acids is 1. The number of fused-ring (bicyclic) bond motifs is 1. The Balaban J connectivity index is 1.71. The Labute approximate surface area is 159 Å². The Hall–Kier alpha value is -2.80. The normalized spacial score (nSPS) is 13.6. The van der Waals surface area contributed by atoms with E-state index in [0.717, 1.165) is 6.07 Å². The number of nitrogens with zero attached hydrogens (tertiary/aromatic N) is 4. The van der Waals surface area contributed by atoms with E-state index in [2.05, 4.69) is 10.1 Å².